The van der Waals surface area contributed by atoms with Crippen LogP contribution in [-0.4, -0.2) is 18.4 Å². The standard InChI is InChI=1S/C17H15BrO4/c1-11(2)21-16-8-5-13(9-15(16)18)17(20)22-14-6-3-12(10-19)4-7-14/h3-11H,1-2H3. The summed E-state index contributed by atoms with van der Waals surface area (Å²) in [5.41, 5.74) is 0.931. The van der Waals surface area contributed by atoms with Crippen molar-refractivity contribution in [1.82, 2.24) is 0 Å². The molecule has 0 aliphatic carbocycles. The summed E-state index contributed by atoms with van der Waals surface area (Å²) in [6.07, 6.45) is 0.779. The van der Waals surface area contributed by atoms with E-state index in [4.69, 9.17) is 9.47 Å². The van der Waals surface area contributed by atoms with Crippen molar-refractivity contribution >= 4 is 28.2 Å². The predicted molar refractivity (Wildman–Crippen MR) is 86.7 cm³/mol. The van der Waals surface area contributed by atoms with Crippen LogP contribution in [-0.2, 0) is 0 Å². The van der Waals surface area contributed by atoms with Crippen molar-refractivity contribution in [3.8, 4) is 11.5 Å². The second kappa shape index (κ2) is 7.22. The number of esters is 1. The van der Waals surface area contributed by atoms with E-state index in [1.54, 1.807) is 42.5 Å². The molecule has 0 heterocycles. The van der Waals surface area contributed by atoms with E-state index in [1.807, 2.05) is 13.8 Å². The van der Waals surface area contributed by atoms with Crippen LogP contribution in [0.15, 0.2) is 46.9 Å². The zero-order valence-electron chi connectivity index (χ0n) is 12.2. The van der Waals surface area contributed by atoms with Crippen LogP contribution in [0.2, 0.25) is 0 Å². The number of hydrogen-bond donors (Lipinski definition) is 0. The van der Waals surface area contributed by atoms with Crippen LogP contribution >= 0.6 is 15.9 Å². The molecule has 0 atom stereocenters. The molecule has 0 unspecified atom stereocenters. The summed E-state index contributed by atoms with van der Waals surface area (Å²) >= 11 is 3.38. The average molecular weight is 363 g/mol. The zero-order chi connectivity index (χ0) is 16.1. The topological polar surface area (TPSA) is 52.6 Å². The molecule has 114 valence electrons. The fourth-order valence-electron chi connectivity index (χ4n) is 1.76. The summed E-state index contributed by atoms with van der Waals surface area (Å²) < 4.78 is 11.5. The van der Waals surface area contributed by atoms with Crippen molar-refractivity contribution in [2.24, 2.45) is 0 Å². The van der Waals surface area contributed by atoms with E-state index >= 15 is 0 Å². The Morgan fingerprint density at radius 2 is 1.82 bits per heavy atom. The Morgan fingerprint density at radius 3 is 2.36 bits per heavy atom. The van der Waals surface area contributed by atoms with E-state index in [9.17, 15) is 9.59 Å². The molecule has 2 rings (SSSR count). The van der Waals surface area contributed by atoms with Gasteiger partial charge in [0.2, 0.25) is 0 Å². The molecular formula is C17H15BrO4. The van der Waals surface area contributed by atoms with Crippen molar-refractivity contribution in [3.05, 3.63) is 58.1 Å². The number of carbonyl (C=O) groups excluding carboxylic acids is 2. The Morgan fingerprint density at radius 1 is 1.14 bits per heavy atom. The second-order valence-electron chi connectivity index (χ2n) is 4.89. The summed E-state index contributed by atoms with van der Waals surface area (Å²) in [5, 5.41) is 0. The Bertz CT molecular complexity index is 678. The van der Waals surface area contributed by atoms with Gasteiger partial charge in [-0.3, -0.25) is 4.79 Å². The van der Waals surface area contributed by atoms with E-state index in [-0.39, 0.29) is 6.10 Å². The molecule has 0 radical (unpaired) electrons. The summed E-state index contributed by atoms with van der Waals surface area (Å²) in [7, 11) is 0. The molecular weight excluding hydrogens is 348 g/mol. The molecule has 0 amide bonds. The lowest BCUT2D eigenvalue weighted by Crippen LogP contribution is -2.10. The molecule has 0 bridgehead atoms. The van der Waals surface area contributed by atoms with Crippen LogP contribution in [0.1, 0.15) is 34.6 Å². The van der Waals surface area contributed by atoms with Gasteiger partial charge in [0.15, 0.2) is 0 Å². The maximum absolute atomic E-state index is 12.1. The highest BCUT2D eigenvalue weighted by atomic mass is 79.9. The minimum absolute atomic E-state index is 0.0467. The van der Waals surface area contributed by atoms with E-state index in [1.165, 1.54) is 0 Å². The van der Waals surface area contributed by atoms with Crippen LogP contribution in [0.3, 0.4) is 0 Å². The van der Waals surface area contributed by atoms with Crippen LogP contribution in [0.25, 0.3) is 0 Å². The molecule has 0 aliphatic rings. The van der Waals surface area contributed by atoms with Gasteiger partial charge in [-0.2, -0.15) is 0 Å². The SMILES string of the molecule is CC(C)Oc1ccc(C(=O)Oc2ccc(C=O)cc2)cc1Br. The Labute approximate surface area is 137 Å². The highest BCUT2D eigenvalue weighted by molar-refractivity contribution is 9.10. The molecule has 0 aliphatic heterocycles. The molecule has 0 fully saturated rings. The van der Waals surface area contributed by atoms with Crippen LogP contribution in [0, 0.1) is 0 Å². The fourth-order valence-corrected chi connectivity index (χ4v) is 2.23. The van der Waals surface area contributed by atoms with Gasteiger partial charge in [0.25, 0.3) is 0 Å². The van der Waals surface area contributed by atoms with Gasteiger partial charge in [0.1, 0.15) is 17.8 Å². The minimum atomic E-state index is -0.476. The number of ether oxygens (including phenoxy) is 2. The molecule has 0 spiro atoms. The minimum Gasteiger partial charge on any atom is -0.490 e. The Hall–Kier alpha value is -2.14. The number of rotatable bonds is 5. The van der Waals surface area contributed by atoms with Crippen LogP contribution in [0.4, 0.5) is 0 Å². The largest absolute Gasteiger partial charge is 0.490 e. The molecule has 0 saturated carbocycles. The van der Waals surface area contributed by atoms with Gasteiger partial charge in [-0.1, -0.05) is 0 Å². The summed E-state index contributed by atoms with van der Waals surface area (Å²) in [6, 6.07) is 11.3. The van der Waals surface area contributed by atoms with E-state index < -0.39 is 5.97 Å². The number of carbonyl (C=O) groups is 2. The molecule has 0 aromatic heterocycles. The van der Waals surface area contributed by atoms with Crippen LogP contribution in [0.5, 0.6) is 11.5 Å². The number of benzene rings is 2. The van der Waals surface area contributed by atoms with Crippen molar-refractivity contribution in [2.75, 3.05) is 0 Å². The Kier molecular flexibility index (Phi) is 5.33. The van der Waals surface area contributed by atoms with Gasteiger partial charge >= 0.3 is 5.97 Å². The third-order valence-electron chi connectivity index (χ3n) is 2.76. The average Bonchev–Trinajstić information content (AvgIpc) is 2.49. The number of aldehydes is 1. The maximum atomic E-state index is 12.1. The predicted octanol–water partition coefficient (Wildman–Crippen LogP) is 4.27. The third-order valence-corrected chi connectivity index (χ3v) is 3.38. The maximum Gasteiger partial charge on any atom is 0.343 e. The molecule has 0 saturated heterocycles. The third kappa shape index (κ3) is 4.18. The highest BCUT2D eigenvalue weighted by Gasteiger charge is 2.12. The first-order chi connectivity index (χ1) is 10.5. The number of hydrogen-bond acceptors (Lipinski definition) is 4. The molecule has 4 nitrogen and oxygen atoms in total. The van der Waals surface area contributed by atoms with Crippen molar-refractivity contribution in [2.45, 2.75) is 20.0 Å². The normalized spacial score (nSPS) is 10.4. The van der Waals surface area contributed by atoms with Gasteiger partial charge < -0.3 is 9.47 Å². The monoisotopic (exact) mass is 362 g/mol. The van der Waals surface area contributed by atoms with E-state index in [0.717, 1.165) is 6.29 Å². The first kappa shape index (κ1) is 16.2. The van der Waals surface area contributed by atoms with Gasteiger partial charge in [-0.25, -0.2) is 4.79 Å². The van der Waals surface area contributed by atoms with Crippen LogP contribution < -0.4 is 9.47 Å². The molecule has 2 aromatic carbocycles. The van der Waals surface area contributed by atoms with Crippen molar-refractivity contribution in [3.63, 3.8) is 0 Å². The lowest BCUT2D eigenvalue weighted by atomic mass is 10.2. The first-order valence-electron chi connectivity index (χ1n) is 6.73. The molecule has 0 N–H and O–H groups in total. The zero-order valence-corrected chi connectivity index (χ0v) is 13.8. The number of halogens is 1. The van der Waals surface area contributed by atoms with Crippen molar-refractivity contribution in [1.29, 1.82) is 0 Å². The summed E-state index contributed by atoms with van der Waals surface area (Å²) in [4.78, 5) is 22.7. The first-order valence-corrected chi connectivity index (χ1v) is 7.52. The lowest BCUT2D eigenvalue weighted by molar-refractivity contribution is 0.0734. The van der Waals surface area contributed by atoms with E-state index in [2.05, 4.69) is 15.9 Å². The van der Waals surface area contributed by atoms with Crippen molar-refractivity contribution < 1.29 is 19.1 Å². The second-order valence-corrected chi connectivity index (χ2v) is 5.74. The fraction of sp³-hybridized carbons (Fsp3) is 0.176. The quantitative estimate of drug-likeness (QED) is 0.452. The lowest BCUT2D eigenvalue weighted by Gasteiger charge is -2.12. The van der Waals surface area contributed by atoms with Gasteiger partial charge in [-0.15, -0.1) is 0 Å². The van der Waals surface area contributed by atoms with E-state index in [0.29, 0.717) is 27.1 Å². The summed E-state index contributed by atoms with van der Waals surface area (Å²) in [5.74, 6) is 0.576. The van der Waals surface area contributed by atoms with Gasteiger partial charge in [0.05, 0.1) is 16.1 Å². The van der Waals surface area contributed by atoms with Gasteiger partial charge in [0, 0.05) is 5.56 Å². The summed E-state index contributed by atoms with van der Waals surface area (Å²) in [6.45, 7) is 3.86. The Balaban J connectivity index is 2.11. The molecule has 5 heteroatoms. The molecule has 22 heavy (non-hydrogen) atoms. The highest BCUT2D eigenvalue weighted by Crippen LogP contribution is 2.27. The smallest absolute Gasteiger partial charge is 0.343 e. The molecule has 2 aromatic rings. The van der Waals surface area contributed by atoms with Gasteiger partial charge in [-0.05, 0) is 72.2 Å².